The summed E-state index contributed by atoms with van der Waals surface area (Å²) in [6.07, 6.45) is 0.290. The number of amides is 2. The molecule has 6 nitrogen and oxygen atoms in total. The van der Waals surface area contributed by atoms with Gasteiger partial charge in [-0.3, -0.25) is 9.59 Å². The van der Waals surface area contributed by atoms with Crippen molar-refractivity contribution in [3.8, 4) is 0 Å². The van der Waals surface area contributed by atoms with Gasteiger partial charge < -0.3 is 15.8 Å². The molecule has 0 aliphatic carbocycles. The summed E-state index contributed by atoms with van der Waals surface area (Å²) in [7, 11) is 1.26. The van der Waals surface area contributed by atoms with E-state index in [0.717, 1.165) is 5.56 Å². The molecule has 24 heavy (non-hydrogen) atoms. The van der Waals surface area contributed by atoms with Crippen molar-refractivity contribution in [3.63, 3.8) is 0 Å². The Morgan fingerprint density at radius 1 is 1.04 bits per heavy atom. The molecule has 0 unspecified atom stereocenters. The second-order valence-electron chi connectivity index (χ2n) is 5.19. The first kappa shape index (κ1) is 17.2. The van der Waals surface area contributed by atoms with Gasteiger partial charge in [-0.2, -0.15) is 0 Å². The average molecular weight is 326 g/mol. The lowest BCUT2D eigenvalue weighted by molar-refractivity contribution is -0.119. The van der Waals surface area contributed by atoms with Crippen molar-refractivity contribution in [2.45, 2.75) is 12.5 Å². The largest absolute Gasteiger partial charge is 0.465 e. The molecule has 0 saturated carbocycles. The van der Waals surface area contributed by atoms with Gasteiger partial charge >= 0.3 is 5.97 Å². The van der Waals surface area contributed by atoms with Crippen LogP contribution >= 0.6 is 0 Å². The van der Waals surface area contributed by atoms with E-state index in [2.05, 4.69) is 10.1 Å². The molecule has 0 bridgehead atoms. The molecule has 0 heterocycles. The molecule has 2 rings (SSSR count). The molecule has 124 valence electrons. The molecular weight excluding hydrogens is 308 g/mol. The van der Waals surface area contributed by atoms with Crippen LogP contribution in [0.2, 0.25) is 0 Å². The van der Waals surface area contributed by atoms with E-state index >= 15 is 0 Å². The van der Waals surface area contributed by atoms with E-state index in [-0.39, 0.29) is 11.1 Å². The van der Waals surface area contributed by atoms with Crippen LogP contribution in [0.4, 0.5) is 0 Å². The van der Waals surface area contributed by atoms with Crippen LogP contribution in [-0.2, 0) is 16.0 Å². The van der Waals surface area contributed by atoms with Gasteiger partial charge in [0.05, 0.1) is 12.7 Å². The summed E-state index contributed by atoms with van der Waals surface area (Å²) in [4.78, 5) is 35.5. The highest BCUT2D eigenvalue weighted by Gasteiger charge is 2.20. The van der Waals surface area contributed by atoms with Gasteiger partial charge in [0.25, 0.3) is 5.91 Å². The first-order valence-electron chi connectivity index (χ1n) is 7.33. The summed E-state index contributed by atoms with van der Waals surface area (Å²) < 4.78 is 4.62. The maximum absolute atomic E-state index is 12.3. The van der Waals surface area contributed by atoms with Crippen LogP contribution in [0.5, 0.6) is 0 Å². The molecule has 0 radical (unpaired) electrons. The lowest BCUT2D eigenvalue weighted by Gasteiger charge is -2.16. The molecule has 2 aromatic rings. The number of primary amides is 1. The van der Waals surface area contributed by atoms with Gasteiger partial charge in [-0.05, 0) is 23.8 Å². The number of rotatable bonds is 6. The molecule has 0 aliphatic heterocycles. The van der Waals surface area contributed by atoms with Gasteiger partial charge in [0, 0.05) is 12.0 Å². The molecular formula is C18H18N2O4. The number of benzene rings is 2. The van der Waals surface area contributed by atoms with Crippen molar-refractivity contribution >= 4 is 17.8 Å². The Labute approximate surface area is 139 Å². The maximum atomic E-state index is 12.3. The van der Waals surface area contributed by atoms with Crippen molar-refractivity contribution in [1.29, 1.82) is 0 Å². The number of esters is 1. The standard InChI is InChI=1S/C18H18N2O4/c1-24-18(23)14-9-5-8-13(11-14)17(22)20-15(16(19)21)10-12-6-3-2-4-7-12/h2-9,11,15H,10H2,1H3,(H2,19,21)(H,20,22)/t15-/m0/s1. The molecule has 2 amide bonds. The van der Waals surface area contributed by atoms with Crippen LogP contribution < -0.4 is 11.1 Å². The Hall–Kier alpha value is -3.15. The normalized spacial score (nSPS) is 11.4. The summed E-state index contributed by atoms with van der Waals surface area (Å²) in [6, 6.07) is 14.4. The topological polar surface area (TPSA) is 98.5 Å². The van der Waals surface area contributed by atoms with Gasteiger partial charge in [0.15, 0.2) is 0 Å². The number of carbonyl (C=O) groups is 3. The summed E-state index contributed by atoms with van der Waals surface area (Å²) in [6.45, 7) is 0. The second kappa shape index (κ2) is 7.92. The lowest BCUT2D eigenvalue weighted by atomic mass is 10.0. The highest BCUT2D eigenvalue weighted by atomic mass is 16.5. The third-order valence-corrected chi connectivity index (χ3v) is 3.48. The minimum atomic E-state index is -0.846. The number of hydrogen-bond acceptors (Lipinski definition) is 4. The number of nitrogens with one attached hydrogen (secondary N) is 1. The zero-order valence-electron chi connectivity index (χ0n) is 13.2. The molecule has 1 atom stereocenters. The molecule has 3 N–H and O–H groups in total. The van der Waals surface area contributed by atoms with Crippen LogP contribution in [0.1, 0.15) is 26.3 Å². The quantitative estimate of drug-likeness (QED) is 0.782. The monoisotopic (exact) mass is 326 g/mol. The summed E-state index contributed by atoms with van der Waals surface area (Å²) in [5.41, 5.74) is 6.76. The second-order valence-corrected chi connectivity index (χ2v) is 5.19. The SMILES string of the molecule is COC(=O)c1cccc(C(=O)N[C@@H](Cc2ccccc2)C(N)=O)c1. The lowest BCUT2D eigenvalue weighted by Crippen LogP contribution is -2.45. The van der Waals surface area contributed by atoms with Crippen molar-refractivity contribution in [2.24, 2.45) is 5.73 Å². The Kier molecular flexibility index (Phi) is 5.68. The number of methoxy groups -OCH3 is 1. The van der Waals surface area contributed by atoms with E-state index in [4.69, 9.17) is 5.73 Å². The smallest absolute Gasteiger partial charge is 0.337 e. The van der Waals surface area contributed by atoms with E-state index in [1.807, 2.05) is 30.3 Å². The van der Waals surface area contributed by atoms with E-state index < -0.39 is 23.8 Å². The molecule has 6 heteroatoms. The van der Waals surface area contributed by atoms with Gasteiger partial charge in [-0.15, -0.1) is 0 Å². The van der Waals surface area contributed by atoms with Gasteiger partial charge in [0.2, 0.25) is 5.91 Å². The average Bonchev–Trinajstić information content (AvgIpc) is 2.61. The number of hydrogen-bond donors (Lipinski definition) is 2. The number of nitrogens with two attached hydrogens (primary N) is 1. The van der Waals surface area contributed by atoms with Crippen molar-refractivity contribution < 1.29 is 19.1 Å². The fourth-order valence-electron chi connectivity index (χ4n) is 2.22. The molecule has 0 aromatic heterocycles. The molecule has 0 aliphatic rings. The van der Waals surface area contributed by atoms with E-state index in [1.165, 1.54) is 19.2 Å². The summed E-state index contributed by atoms with van der Waals surface area (Å²) >= 11 is 0. The molecule has 0 spiro atoms. The van der Waals surface area contributed by atoms with Crippen molar-refractivity contribution in [2.75, 3.05) is 7.11 Å². The van der Waals surface area contributed by atoms with Crippen LogP contribution in [0.25, 0.3) is 0 Å². The fourth-order valence-corrected chi connectivity index (χ4v) is 2.22. The highest BCUT2D eigenvalue weighted by Crippen LogP contribution is 2.08. The van der Waals surface area contributed by atoms with Crippen LogP contribution in [-0.4, -0.2) is 30.9 Å². The van der Waals surface area contributed by atoms with Crippen LogP contribution in [0.3, 0.4) is 0 Å². The highest BCUT2D eigenvalue weighted by molar-refractivity contribution is 5.99. The molecule has 0 saturated heterocycles. The minimum Gasteiger partial charge on any atom is -0.465 e. The zero-order valence-corrected chi connectivity index (χ0v) is 13.2. The van der Waals surface area contributed by atoms with Crippen LogP contribution in [0.15, 0.2) is 54.6 Å². The van der Waals surface area contributed by atoms with Crippen molar-refractivity contribution in [1.82, 2.24) is 5.32 Å². The first-order chi connectivity index (χ1) is 11.5. The number of carbonyl (C=O) groups excluding carboxylic acids is 3. The van der Waals surface area contributed by atoms with E-state index in [9.17, 15) is 14.4 Å². The van der Waals surface area contributed by atoms with E-state index in [1.54, 1.807) is 12.1 Å². The Morgan fingerprint density at radius 2 is 1.71 bits per heavy atom. The van der Waals surface area contributed by atoms with Crippen molar-refractivity contribution in [3.05, 3.63) is 71.3 Å². The summed E-state index contributed by atoms with van der Waals surface area (Å²) in [5.74, 6) is -1.66. The fraction of sp³-hybridized carbons (Fsp3) is 0.167. The molecule has 2 aromatic carbocycles. The Bertz CT molecular complexity index is 744. The van der Waals surface area contributed by atoms with Gasteiger partial charge in [-0.25, -0.2) is 4.79 Å². The summed E-state index contributed by atoms with van der Waals surface area (Å²) in [5, 5.41) is 2.60. The Balaban J connectivity index is 2.13. The third kappa shape index (κ3) is 4.42. The zero-order chi connectivity index (χ0) is 17.5. The third-order valence-electron chi connectivity index (χ3n) is 3.48. The predicted molar refractivity (Wildman–Crippen MR) is 88.4 cm³/mol. The van der Waals surface area contributed by atoms with Gasteiger partial charge in [0.1, 0.15) is 6.04 Å². The first-order valence-corrected chi connectivity index (χ1v) is 7.33. The van der Waals surface area contributed by atoms with Crippen LogP contribution in [0, 0.1) is 0 Å². The van der Waals surface area contributed by atoms with Gasteiger partial charge in [-0.1, -0.05) is 36.4 Å². The predicted octanol–water partition coefficient (Wildman–Crippen LogP) is 1.30. The van der Waals surface area contributed by atoms with E-state index in [0.29, 0.717) is 6.42 Å². The minimum absolute atomic E-state index is 0.247. The molecule has 0 fully saturated rings. The Morgan fingerprint density at radius 3 is 2.33 bits per heavy atom. The maximum Gasteiger partial charge on any atom is 0.337 e. The number of ether oxygens (including phenoxy) is 1.